The SMILES string of the molecule is COP(=O)(O)OP(=O)(OC)OP(=O)(O)OCC1OC(n2c[n+](C)c3c(O)ncnc32)C(O)C1O. The third-order valence-electron chi connectivity index (χ3n) is 4.55. The number of phosphoric acid groups is 3. The quantitative estimate of drug-likeness (QED) is 0.180. The van der Waals surface area contributed by atoms with E-state index in [0.29, 0.717) is 7.11 Å². The number of nitrogens with zero attached hydrogens (tertiary/aromatic N) is 4. The Kier molecular flexibility index (Phi) is 7.97. The van der Waals surface area contributed by atoms with Gasteiger partial charge in [-0.2, -0.15) is 23.2 Å². The molecule has 1 aliphatic rings. The molecular formula is C13H22N4O14P3+. The second-order valence-electron chi connectivity index (χ2n) is 6.76. The van der Waals surface area contributed by atoms with Crippen molar-refractivity contribution in [3.05, 3.63) is 12.7 Å². The number of aromatic nitrogens is 4. The second kappa shape index (κ2) is 9.95. The maximum Gasteiger partial charge on any atom is 0.492 e. The molecule has 0 saturated carbocycles. The summed E-state index contributed by atoms with van der Waals surface area (Å²) in [6.07, 6.45) is -3.42. The van der Waals surface area contributed by atoms with Crippen molar-refractivity contribution in [1.29, 1.82) is 0 Å². The van der Waals surface area contributed by atoms with Crippen LogP contribution in [0.2, 0.25) is 0 Å². The minimum Gasteiger partial charge on any atom is -0.490 e. The second-order valence-corrected chi connectivity index (χ2v) is 11.8. The first-order chi connectivity index (χ1) is 15.7. The van der Waals surface area contributed by atoms with Crippen molar-refractivity contribution in [2.45, 2.75) is 24.5 Å². The van der Waals surface area contributed by atoms with E-state index in [1.165, 1.54) is 15.5 Å². The first kappa shape index (κ1) is 27.2. The van der Waals surface area contributed by atoms with Gasteiger partial charge in [0.2, 0.25) is 12.6 Å². The van der Waals surface area contributed by atoms with Gasteiger partial charge in [0.15, 0.2) is 0 Å². The van der Waals surface area contributed by atoms with E-state index >= 15 is 0 Å². The lowest BCUT2D eigenvalue weighted by Gasteiger charge is -2.21. The Morgan fingerprint density at radius 2 is 1.74 bits per heavy atom. The first-order valence-corrected chi connectivity index (χ1v) is 13.5. The van der Waals surface area contributed by atoms with E-state index in [4.69, 9.17) is 4.74 Å². The summed E-state index contributed by atoms with van der Waals surface area (Å²) in [5, 5.41) is 30.7. The van der Waals surface area contributed by atoms with Crippen LogP contribution in [-0.2, 0) is 47.7 Å². The molecule has 3 rings (SSSR count). The van der Waals surface area contributed by atoms with Crippen LogP contribution in [0.15, 0.2) is 12.7 Å². The average molecular weight is 551 g/mol. The highest BCUT2D eigenvalue weighted by atomic mass is 31.3. The molecule has 18 nitrogen and oxygen atoms in total. The van der Waals surface area contributed by atoms with Crippen LogP contribution in [0.1, 0.15) is 6.23 Å². The molecular weight excluding hydrogens is 529 g/mol. The molecule has 21 heteroatoms. The largest absolute Gasteiger partial charge is 0.492 e. The molecule has 0 aliphatic carbocycles. The molecule has 0 spiro atoms. The van der Waals surface area contributed by atoms with E-state index in [1.807, 2.05) is 0 Å². The Morgan fingerprint density at radius 3 is 2.35 bits per heavy atom. The van der Waals surface area contributed by atoms with Gasteiger partial charge >= 0.3 is 23.5 Å². The van der Waals surface area contributed by atoms with Crippen LogP contribution in [0.4, 0.5) is 0 Å². The number of aliphatic hydroxyl groups is 2. The molecule has 7 atom stereocenters. The molecule has 1 fully saturated rings. The van der Waals surface area contributed by atoms with Gasteiger partial charge in [0, 0.05) is 14.2 Å². The Bertz CT molecular complexity index is 1190. The number of imidazole rings is 1. The van der Waals surface area contributed by atoms with Crippen LogP contribution in [0.25, 0.3) is 11.2 Å². The summed E-state index contributed by atoms with van der Waals surface area (Å²) in [5.41, 5.74) is 0.349. The lowest BCUT2D eigenvalue weighted by molar-refractivity contribution is -0.646. The zero-order chi connectivity index (χ0) is 25.5. The van der Waals surface area contributed by atoms with Crippen LogP contribution in [0.3, 0.4) is 0 Å². The Hall–Kier alpha value is -1.36. The van der Waals surface area contributed by atoms with Gasteiger partial charge in [0.05, 0.1) is 13.7 Å². The summed E-state index contributed by atoms with van der Waals surface area (Å²) in [6.45, 7) is -0.876. The van der Waals surface area contributed by atoms with E-state index in [-0.39, 0.29) is 17.0 Å². The highest BCUT2D eigenvalue weighted by Crippen LogP contribution is 2.69. The van der Waals surface area contributed by atoms with Crippen molar-refractivity contribution in [3.63, 3.8) is 0 Å². The zero-order valence-corrected chi connectivity index (χ0v) is 20.4. The van der Waals surface area contributed by atoms with Crippen LogP contribution in [0, 0.1) is 0 Å². The predicted molar refractivity (Wildman–Crippen MR) is 106 cm³/mol. The molecule has 34 heavy (non-hydrogen) atoms. The highest BCUT2D eigenvalue weighted by molar-refractivity contribution is 7.67. The fraction of sp³-hybridized carbons (Fsp3) is 0.615. The number of aromatic hydroxyl groups is 1. The lowest BCUT2D eigenvalue weighted by atomic mass is 10.1. The number of phosphoric ester groups is 2. The fourth-order valence-corrected chi connectivity index (χ4v) is 6.74. The van der Waals surface area contributed by atoms with Crippen molar-refractivity contribution in [2.75, 3.05) is 20.8 Å². The van der Waals surface area contributed by atoms with Crippen LogP contribution < -0.4 is 4.57 Å². The standard InChI is InChI=1S/C13H21N4O14P3/c1-16-6-17(11-8(16)12(20)15-5-14-11)13-10(19)9(18)7(29-13)4-28-33(23,24)31-34(25,27-3)30-32(21,22)26-2/h5-7,9-10,13,18-19H,4H2,1-3H3,(H2-,14,15,20,21,22,23,24)/p+1. The number of ether oxygens (including phenoxy) is 1. The number of hydrogen-bond acceptors (Lipinski definition) is 14. The number of aryl methyl sites for hydroxylation is 1. The summed E-state index contributed by atoms with van der Waals surface area (Å²) in [4.78, 5) is 26.7. The molecule has 0 amide bonds. The molecule has 2 aromatic rings. The molecule has 2 aromatic heterocycles. The van der Waals surface area contributed by atoms with Crippen molar-refractivity contribution in [3.8, 4) is 5.88 Å². The zero-order valence-electron chi connectivity index (χ0n) is 17.7. The normalized spacial score (nSPS) is 28.4. The molecule has 3 heterocycles. The van der Waals surface area contributed by atoms with Crippen molar-refractivity contribution in [1.82, 2.24) is 14.5 Å². The third kappa shape index (κ3) is 5.71. The third-order valence-corrected chi connectivity index (χ3v) is 9.19. The Balaban J connectivity index is 1.73. The van der Waals surface area contributed by atoms with E-state index in [1.54, 1.807) is 7.05 Å². The minimum atomic E-state index is -5.30. The van der Waals surface area contributed by atoms with Gasteiger partial charge in [-0.15, -0.1) is 0 Å². The number of hydrogen-bond donors (Lipinski definition) is 5. The Labute approximate surface area is 191 Å². The fourth-order valence-electron chi connectivity index (χ4n) is 3.01. The van der Waals surface area contributed by atoms with Crippen molar-refractivity contribution in [2.24, 2.45) is 7.05 Å². The molecule has 192 valence electrons. The van der Waals surface area contributed by atoms with Gasteiger partial charge in [-0.3, -0.25) is 13.6 Å². The van der Waals surface area contributed by atoms with E-state index < -0.39 is 54.6 Å². The monoisotopic (exact) mass is 551 g/mol. The van der Waals surface area contributed by atoms with Crippen LogP contribution in [0.5, 0.6) is 5.88 Å². The van der Waals surface area contributed by atoms with E-state index in [2.05, 4.69) is 32.2 Å². The van der Waals surface area contributed by atoms with Crippen LogP contribution >= 0.6 is 23.5 Å². The summed E-state index contributed by atoms with van der Waals surface area (Å²) in [7, 11) is -12.4. The van der Waals surface area contributed by atoms with Gasteiger partial charge in [0.25, 0.3) is 17.0 Å². The predicted octanol–water partition coefficient (Wildman–Crippen LogP) is -0.768. The molecule has 0 bridgehead atoms. The van der Waals surface area contributed by atoms with Crippen molar-refractivity contribution >= 4 is 34.6 Å². The van der Waals surface area contributed by atoms with Gasteiger partial charge in [-0.25, -0.2) is 18.3 Å². The highest BCUT2D eigenvalue weighted by Gasteiger charge is 2.49. The number of aliphatic hydroxyl groups excluding tert-OH is 2. The van der Waals surface area contributed by atoms with Gasteiger partial charge in [-0.1, -0.05) is 0 Å². The molecule has 5 N–H and O–H groups in total. The lowest BCUT2D eigenvalue weighted by Crippen LogP contribution is -2.34. The van der Waals surface area contributed by atoms with Crippen LogP contribution in [-0.4, -0.2) is 78.8 Å². The average Bonchev–Trinajstić information content (AvgIpc) is 3.23. The molecule has 0 aromatic carbocycles. The maximum atomic E-state index is 12.2. The van der Waals surface area contributed by atoms with Crippen molar-refractivity contribution < 1.29 is 70.3 Å². The Morgan fingerprint density at radius 1 is 1.09 bits per heavy atom. The maximum absolute atomic E-state index is 12.2. The van der Waals surface area contributed by atoms with Gasteiger partial charge < -0.3 is 29.8 Å². The number of fused-ring (bicyclic) bond motifs is 1. The topological polar surface area (TPSA) is 242 Å². The summed E-state index contributed by atoms with van der Waals surface area (Å²) in [6, 6.07) is 0. The van der Waals surface area contributed by atoms with E-state index in [0.717, 1.165) is 13.4 Å². The number of rotatable bonds is 10. The summed E-state index contributed by atoms with van der Waals surface area (Å²) in [5.74, 6) is -0.344. The molecule has 0 radical (unpaired) electrons. The van der Waals surface area contributed by atoms with E-state index in [9.17, 15) is 38.8 Å². The molecule has 1 saturated heterocycles. The molecule has 1 aliphatic heterocycles. The first-order valence-electron chi connectivity index (χ1n) is 9.08. The minimum absolute atomic E-state index is 0.147. The summed E-state index contributed by atoms with van der Waals surface area (Å²) >= 11 is 0. The van der Waals surface area contributed by atoms with Gasteiger partial charge in [-0.05, 0) is 0 Å². The molecule has 7 unspecified atom stereocenters. The summed E-state index contributed by atoms with van der Waals surface area (Å²) < 4.78 is 65.5. The van der Waals surface area contributed by atoms with Gasteiger partial charge in [0.1, 0.15) is 24.6 Å². The smallest absolute Gasteiger partial charge is 0.490 e.